The summed E-state index contributed by atoms with van der Waals surface area (Å²) in [5.74, 6) is 1.78. The van der Waals surface area contributed by atoms with Gasteiger partial charge in [-0.1, -0.05) is 0 Å². The van der Waals surface area contributed by atoms with Gasteiger partial charge in [0.05, 0.1) is 11.0 Å². The summed E-state index contributed by atoms with van der Waals surface area (Å²) in [6, 6.07) is 9.81. The van der Waals surface area contributed by atoms with Crippen molar-refractivity contribution >= 4 is 16.9 Å². The molecule has 0 aliphatic heterocycles. The van der Waals surface area contributed by atoms with E-state index in [1.165, 1.54) is 18.4 Å². The normalized spacial score (nSPS) is 14.0. The first kappa shape index (κ1) is 15.8. The molecule has 0 unspecified atom stereocenters. The summed E-state index contributed by atoms with van der Waals surface area (Å²) in [5.41, 5.74) is 3.89. The zero-order valence-electron chi connectivity index (χ0n) is 14.6. The quantitative estimate of drug-likeness (QED) is 0.720. The monoisotopic (exact) mass is 334 g/mol. The lowest BCUT2D eigenvalue weighted by Gasteiger charge is -2.17. The van der Waals surface area contributed by atoms with E-state index in [0.717, 1.165) is 23.3 Å². The maximum absolute atomic E-state index is 12.7. The molecular weight excluding hydrogens is 312 g/mol. The molecule has 2 aromatic heterocycles. The first-order valence-electron chi connectivity index (χ1n) is 8.74. The number of fused-ring (bicyclic) bond motifs is 1. The van der Waals surface area contributed by atoms with Gasteiger partial charge in [-0.15, -0.1) is 0 Å². The van der Waals surface area contributed by atoms with Crippen molar-refractivity contribution in [3.63, 3.8) is 0 Å². The summed E-state index contributed by atoms with van der Waals surface area (Å²) >= 11 is 0. The smallest absolute Gasteiger partial charge is 0.253 e. The van der Waals surface area contributed by atoms with E-state index in [2.05, 4.69) is 16.6 Å². The Morgan fingerprint density at radius 1 is 1.24 bits per heavy atom. The number of hydrogen-bond donors (Lipinski definition) is 0. The molecule has 1 amide bonds. The van der Waals surface area contributed by atoms with Crippen LogP contribution in [0.2, 0.25) is 0 Å². The Labute approximate surface area is 147 Å². The fourth-order valence-corrected chi connectivity index (χ4v) is 3.23. The number of benzene rings is 1. The molecule has 0 saturated heterocycles. The first-order chi connectivity index (χ1) is 12.1. The van der Waals surface area contributed by atoms with Gasteiger partial charge in [0.2, 0.25) is 0 Å². The molecule has 1 fully saturated rings. The van der Waals surface area contributed by atoms with Gasteiger partial charge in [0, 0.05) is 44.5 Å². The minimum atomic E-state index is 0.0366. The summed E-state index contributed by atoms with van der Waals surface area (Å²) in [4.78, 5) is 23.3. The number of aryl methyl sites for hydroxylation is 1. The van der Waals surface area contributed by atoms with Gasteiger partial charge in [0.25, 0.3) is 5.91 Å². The van der Waals surface area contributed by atoms with Crippen molar-refractivity contribution in [2.75, 3.05) is 13.6 Å². The van der Waals surface area contributed by atoms with Gasteiger partial charge >= 0.3 is 0 Å². The van der Waals surface area contributed by atoms with Gasteiger partial charge in [-0.05, 0) is 55.2 Å². The zero-order chi connectivity index (χ0) is 17.4. The average Bonchev–Trinajstić information content (AvgIpc) is 3.44. The molecule has 1 aliphatic carbocycles. The standard InChI is InChI=1S/C20H22N4O/c1-23(12-9-14-7-10-21-11-8-14)20(25)16-5-6-18-17(13-16)22-19(24(18)2)15-3-4-15/h5-8,10-11,13,15H,3-4,9,12H2,1-2H3. The summed E-state index contributed by atoms with van der Waals surface area (Å²) in [6.07, 6.45) is 6.83. The van der Waals surface area contributed by atoms with Crippen LogP contribution in [0.4, 0.5) is 0 Å². The van der Waals surface area contributed by atoms with Crippen LogP contribution >= 0.6 is 0 Å². The van der Waals surface area contributed by atoms with Gasteiger partial charge in [-0.3, -0.25) is 9.78 Å². The molecule has 0 atom stereocenters. The van der Waals surface area contributed by atoms with E-state index in [0.29, 0.717) is 18.0 Å². The molecule has 1 saturated carbocycles. The van der Waals surface area contributed by atoms with Gasteiger partial charge in [0.1, 0.15) is 5.82 Å². The highest BCUT2D eigenvalue weighted by Gasteiger charge is 2.28. The number of pyridine rings is 1. The number of likely N-dealkylation sites (N-methyl/N-ethyl adjacent to an activating group) is 1. The van der Waals surface area contributed by atoms with E-state index >= 15 is 0 Å². The molecule has 4 rings (SSSR count). The molecule has 0 bridgehead atoms. The molecule has 5 heteroatoms. The topological polar surface area (TPSA) is 51.0 Å². The van der Waals surface area contributed by atoms with Crippen molar-refractivity contribution < 1.29 is 4.79 Å². The second-order valence-electron chi connectivity index (χ2n) is 6.84. The third-order valence-electron chi connectivity index (χ3n) is 4.94. The van der Waals surface area contributed by atoms with Crippen LogP contribution in [0.25, 0.3) is 11.0 Å². The zero-order valence-corrected chi connectivity index (χ0v) is 14.6. The lowest BCUT2D eigenvalue weighted by Crippen LogP contribution is -2.28. The Morgan fingerprint density at radius 3 is 2.72 bits per heavy atom. The van der Waals surface area contributed by atoms with Crippen LogP contribution in [0, 0.1) is 0 Å². The van der Waals surface area contributed by atoms with Crippen LogP contribution in [0.15, 0.2) is 42.7 Å². The Hall–Kier alpha value is -2.69. The Kier molecular flexibility index (Phi) is 3.99. The molecule has 25 heavy (non-hydrogen) atoms. The Bertz CT molecular complexity index is 912. The van der Waals surface area contributed by atoms with E-state index in [9.17, 15) is 4.79 Å². The van der Waals surface area contributed by atoms with Gasteiger partial charge in [-0.25, -0.2) is 4.98 Å². The highest BCUT2D eigenvalue weighted by molar-refractivity contribution is 5.97. The summed E-state index contributed by atoms with van der Waals surface area (Å²) in [7, 11) is 3.91. The summed E-state index contributed by atoms with van der Waals surface area (Å²) in [5, 5.41) is 0. The molecule has 3 aromatic rings. The number of carbonyl (C=O) groups is 1. The Morgan fingerprint density at radius 2 is 2.00 bits per heavy atom. The van der Waals surface area contributed by atoms with E-state index in [-0.39, 0.29) is 5.91 Å². The molecular formula is C20H22N4O. The molecule has 2 heterocycles. The van der Waals surface area contributed by atoms with Crippen LogP contribution in [-0.2, 0) is 13.5 Å². The van der Waals surface area contributed by atoms with E-state index < -0.39 is 0 Å². The fraction of sp³-hybridized carbons (Fsp3) is 0.350. The lowest BCUT2D eigenvalue weighted by atomic mass is 10.1. The van der Waals surface area contributed by atoms with Crippen LogP contribution in [0.5, 0.6) is 0 Å². The van der Waals surface area contributed by atoms with E-state index in [1.54, 1.807) is 17.3 Å². The highest BCUT2D eigenvalue weighted by atomic mass is 16.2. The van der Waals surface area contributed by atoms with E-state index in [1.807, 2.05) is 37.4 Å². The third kappa shape index (κ3) is 3.14. The number of amides is 1. The second-order valence-corrected chi connectivity index (χ2v) is 6.84. The van der Waals surface area contributed by atoms with Crippen molar-refractivity contribution in [3.05, 3.63) is 59.7 Å². The number of carbonyl (C=O) groups excluding carboxylic acids is 1. The summed E-state index contributed by atoms with van der Waals surface area (Å²) in [6.45, 7) is 0.677. The number of imidazole rings is 1. The first-order valence-corrected chi connectivity index (χ1v) is 8.74. The number of aromatic nitrogens is 3. The van der Waals surface area contributed by atoms with Crippen molar-refractivity contribution in [2.45, 2.75) is 25.2 Å². The van der Waals surface area contributed by atoms with Crippen LogP contribution < -0.4 is 0 Å². The average molecular weight is 334 g/mol. The van der Waals surface area contributed by atoms with Crippen molar-refractivity contribution in [2.24, 2.45) is 7.05 Å². The molecule has 1 aromatic carbocycles. The van der Waals surface area contributed by atoms with Crippen molar-refractivity contribution in [1.29, 1.82) is 0 Å². The number of rotatable bonds is 5. The molecule has 1 aliphatic rings. The molecule has 128 valence electrons. The maximum atomic E-state index is 12.7. The van der Waals surface area contributed by atoms with Crippen LogP contribution in [0.3, 0.4) is 0 Å². The minimum absolute atomic E-state index is 0.0366. The third-order valence-corrected chi connectivity index (χ3v) is 4.94. The van der Waals surface area contributed by atoms with Crippen LogP contribution in [-0.4, -0.2) is 38.9 Å². The minimum Gasteiger partial charge on any atom is -0.341 e. The second kappa shape index (κ2) is 6.31. The van der Waals surface area contributed by atoms with Gasteiger partial charge < -0.3 is 9.47 Å². The molecule has 0 spiro atoms. The van der Waals surface area contributed by atoms with Crippen molar-refractivity contribution in [3.8, 4) is 0 Å². The fourth-order valence-electron chi connectivity index (χ4n) is 3.23. The van der Waals surface area contributed by atoms with Crippen molar-refractivity contribution in [1.82, 2.24) is 19.4 Å². The molecule has 0 N–H and O–H groups in total. The van der Waals surface area contributed by atoms with Gasteiger partial charge in [-0.2, -0.15) is 0 Å². The number of hydrogen-bond acceptors (Lipinski definition) is 3. The Balaban J connectivity index is 1.51. The predicted octanol–water partition coefficient (Wildman–Crippen LogP) is 3.16. The molecule has 5 nitrogen and oxygen atoms in total. The van der Waals surface area contributed by atoms with E-state index in [4.69, 9.17) is 4.98 Å². The summed E-state index contributed by atoms with van der Waals surface area (Å²) < 4.78 is 2.16. The maximum Gasteiger partial charge on any atom is 0.253 e. The van der Waals surface area contributed by atoms with Crippen LogP contribution in [0.1, 0.15) is 40.5 Å². The van der Waals surface area contributed by atoms with Gasteiger partial charge in [0.15, 0.2) is 0 Å². The largest absolute Gasteiger partial charge is 0.341 e. The SMILES string of the molecule is CN(CCc1ccncc1)C(=O)c1ccc2c(c1)nc(C1CC1)n2C. The highest BCUT2D eigenvalue weighted by Crippen LogP contribution is 2.40. The predicted molar refractivity (Wildman–Crippen MR) is 97.6 cm³/mol. The lowest BCUT2D eigenvalue weighted by molar-refractivity contribution is 0.0797. The molecule has 0 radical (unpaired) electrons. The number of nitrogens with zero attached hydrogens (tertiary/aromatic N) is 4.